The molecule has 2 aromatic rings. The van der Waals surface area contributed by atoms with E-state index in [4.69, 9.17) is 9.47 Å². The van der Waals surface area contributed by atoms with Gasteiger partial charge in [0.15, 0.2) is 0 Å². The second-order valence-electron chi connectivity index (χ2n) is 4.72. The van der Waals surface area contributed by atoms with Crippen molar-refractivity contribution in [2.75, 3.05) is 27.4 Å². The van der Waals surface area contributed by atoms with E-state index < -0.39 is 0 Å². The summed E-state index contributed by atoms with van der Waals surface area (Å²) in [6.45, 7) is 1.08. The van der Waals surface area contributed by atoms with Gasteiger partial charge in [0.05, 0.1) is 19.4 Å². The van der Waals surface area contributed by atoms with Crippen molar-refractivity contribution in [1.82, 2.24) is 10.3 Å². The third-order valence-corrected chi connectivity index (χ3v) is 4.07. The average molecular weight is 320 g/mol. The minimum atomic E-state index is 0.0241. The minimum absolute atomic E-state index is 0.0241. The molecule has 1 aromatic heterocycles. The molecule has 0 radical (unpaired) electrons. The molecule has 0 saturated heterocycles. The van der Waals surface area contributed by atoms with Crippen LogP contribution in [0.5, 0.6) is 5.75 Å². The number of nitrogens with zero attached hydrogens (tertiary/aromatic N) is 1. The fourth-order valence-electron chi connectivity index (χ4n) is 1.91. The number of hydrogen-bond acceptors (Lipinski definition) is 5. The van der Waals surface area contributed by atoms with Gasteiger partial charge in [-0.25, -0.2) is 4.98 Å². The summed E-state index contributed by atoms with van der Waals surface area (Å²) >= 11 is 1.59. The molecular weight excluding hydrogens is 300 g/mol. The van der Waals surface area contributed by atoms with E-state index in [1.165, 1.54) is 0 Å². The molecule has 0 spiro atoms. The van der Waals surface area contributed by atoms with Crippen LogP contribution in [-0.2, 0) is 16.0 Å². The number of aromatic nitrogens is 1. The van der Waals surface area contributed by atoms with Crippen molar-refractivity contribution in [2.45, 2.75) is 12.8 Å². The molecule has 1 aromatic carbocycles. The Kier molecular flexibility index (Phi) is 6.36. The van der Waals surface area contributed by atoms with Crippen LogP contribution < -0.4 is 10.1 Å². The van der Waals surface area contributed by atoms with E-state index in [9.17, 15) is 4.79 Å². The van der Waals surface area contributed by atoms with Crippen LogP contribution in [0.15, 0.2) is 29.6 Å². The van der Waals surface area contributed by atoms with Gasteiger partial charge in [0.2, 0.25) is 5.91 Å². The molecule has 5 nitrogen and oxygen atoms in total. The fraction of sp³-hybridized carbons (Fsp3) is 0.375. The number of thiazole rings is 1. The van der Waals surface area contributed by atoms with Crippen LogP contribution in [0.4, 0.5) is 0 Å². The number of aryl methyl sites for hydroxylation is 1. The van der Waals surface area contributed by atoms with Crippen molar-refractivity contribution in [3.05, 3.63) is 35.3 Å². The zero-order chi connectivity index (χ0) is 15.8. The quantitative estimate of drug-likeness (QED) is 0.759. The largest absolute Gasteiger partial charge is 0.497 e. The molecule has 1 heterocycles. The Bertz CT molecular complexity index is 596. The lowest BCUT2D eigenvalue weighted by molar-refractivity contribution is -0.121. The fourth-order valence-corrected chi connectivity index (χ4v) is 2.77. The van der Waals surface area contributed by atoms with Crippen molar-refractivity contribution in [3.8, 4) is 16.3 Å². The number of carbonyl (C=O) groups is 1. The summed E-state index contributed by atoms with van der Waals surface area (Å²) in [5.41, 5.74) is 2.00. The molecule has 0 fully saturated rings. The Labute approximate surface area is 134 Å². The van der Waals surface area contributed by atoms with E-state index in [1.807, 2.05) is 29.6 Å². The Balaban J connectivity index is 1.86. The van der Waals surface area contributed by atoms with Gasteiger partial charge in [-0.3, -0.25) is 4.79 Å². The first-order chi connectivity index (χ1) is 10.7. The molecule has 0 atom stereocenters. The van der Waals surface area contributed by atoms with Gasteiger partial charge in [-0.1, -0.05) is 0 Å². The van der Waals surface area contributed by atoms with Crippen LogP contribution in [0.1, 0.15) is 12.1 Å². The van der Waals surface area contributed by atoms with E-state index in [0.29, 0.717) is 26.0 Å². The van der Waals surface area contributed by atoms with Crippen molar-refractivity contribution in [3.63, 3.8) is 0 Å². The van der Waals surface area contributed by atoms with E-state index >= 15 is 0 Å². The minimum Gasteiger partial charge on any atom is -0.497 e. The van der Waals surface area contributed by atoms with Gasteiger partial charge in [0, 0.05) is 31.0 Å². The highest BCUT2D eigenvalue weighted by Crippen LogP contribution is 2.26. The standard InChI is InChI=1S/C16H20N2O3S/c1-20-10-9-17-15(19)8-5-13-11-22-16(18-13)12-3-6-14(21-2)7-4-12/h3-4,6-7,11H,5,8-10H2,1-2H3,(H,17,19). The molecule has 1 amide bonds. The maximum absolute atomic E-state index is 11.6. The Morgan fingerprint density at radius 1 is 1.27 bits per heavy atom. The highest BCUT2D eigenvalue weighted by Gasteiger charge is 2.07. The van der Waals surface area contributed by atoms with E-state index in [-0.39, 0.29) is 5.91 Å². The topological polar surface area (TPSA) is 60.5 Å². The lowest BCUT2D eigenvalue weighted by Crippen LogP contribution is -2.27. The van der Waals surface area contributed by atoms with E-state index in [1.54, 1.807) is 25.6 Å². The van der Waals surface area contributed by atoms with E-state index in [0.717, 1.165) is 22.0 Å². The maximum atomic E-state index is 11.6. The third kappa shape index (κ3) is 4.82. The average Bonchev–Trinajstić information content (AvgIpc) is 3.02. The molecule has 118 valence electrons. The first-order valence-electron chi connectivity index (χ1n) is 7.07. The number of hydrogen-bond donors (Lipinski definition) is 1. The van der Waals surface area contributed by atoms with Crippen LogP contribution in [0.2, 0.25) is 0 Å². The summed E-state index contributed by atoms with van der Waals surface area (Å²) in [6, 6.07) is 7.80. The molecule has 0 unspecified atom stereocenters. The van der Waals surface area contributed by atoms with Gasteiger partial charge in [0.25, 0.3) is 0 Å². The van der Waals surface area contributed by atoms with Crippen molar-refractivity contribution < 1.29 is 14.3 Å². The third-order valence-electron chi connectivity index (χ3n) is 3.13. The molecule has 0 aliphatic carbocycles. The summed E-state index contributed by atoms with van der Waals surface area (Å²) < 4.78 is 10.0. The van der Waals surface area contributed by atoms with Gasteiger partial charge in [0.1, 0.15) is 10.8 Å². The SMILES string of the molecule is COCCNC(=O)CCc1csc(-c2ccc(OC)cc2)n1. The van der Waals surface area contributed by atoms with Gasteiger partial charge in [-0.15, -0.1) is 11.3 Å². The molecule has 0 aliphatic rings. The number of ether oxygens (including phenoxy) is 2. The summed E-state index contributed by atoms with van der Waals surface area (Å²) in [7, 11) is 3.26. The summed E-state index contributed by atoms with van der Waals surface area (Å²) in [5.74, 6) is 0.851. The van der Waals surface area contributed by atoms with Gasteiger partial charge < -0.3 is 14.8 Å². The molecule has 22 heavy (non-hydrogen) atoms. The summed E-state index contributed by atoms with van der Waals surface area (Å²) in [4.78, 5) is 16.2. The van der Waals surface area contributed by atoms with Crippen LogP contribution in [0, 0.1) is 0 Å². The van der Waals surface area contributed by atoms with Gasteiger partial charge in [-0.2, -0.15) is 0 Å². The van der Waals surface area contributed by atoms with Gasteiger partial charge >= 0.3 is 0 Å². The van der Waals surface area contributed by atoms with Crippen LogP contribution in [-0.4, -0.2) is 38.3 Å². The first kappa shape index (κ1) is 16.5. The number of nitrogens with one attached hydrogen (secondary N) is 1. The van der Waals surface area contributed by atoms with Crippen molar-refractivity contribution in [2.24, 2.45) is 0 Å². The van der Waals surface area contributed by atoms with Crippen LogP contribution in [0.25, 0.3) is 10.6 Å². The molecular formula is C16H20N2O3S. The summed E-state index contributed by atoms with van der Waals surface area (Å²) in [6.07, 6.45) is 1.08. The van der Waals surface area contributed by atoms with Gasteiger partial charge in [-0.05, 0) is 30.7 Å². The Morgan fingerprint density at radius 2 is 2.05 bits per heavy atom. The Hall–Kier alpha value is -1.92. The first-order valence-corrected chi connectivity index (χ1v) is 7.95. The molecule has 1 N–H and O–H groups in total. The molecule has 0 saturated carbocycles. The van der Waals surface area contributed by atoms with Crippen LogP contribution >= 0.6 is 11.3 Å². The second-order valence-corrected chi connectivity index (χ2v) is 5.57. The predicted molar refractivity (Wildman–Crippen MR) is 87.3 cm³/mol. The van der Waals surface area contributed by atoms with Crippen molar-refractivity contribution in [1.29, 1.82) is 0 Å². The number of benzene rings is 1. The lowest BCUT2D eigenvalue weighted by Gasteiger charge is -2.03. The highest BCUT2D eigenvalue weighted by molar-refractivity contribution is 7.13. The zero-order valence-corrected chi connectivity index (χ0v) is 13.6. The smallest absolute Gasteiger partial charge is 0.220 e. The molecule has 2 rings (SSSR count). The Morgan fingerprint density at radius 3 is 2.73 bits per heavy atom. The second kappa shape index (κ2) is 8.51. The summed E-state index contributed by atoms with van der Waals surface area (Å²) in [5, 5.41) is 5.76. The normalized spacial score (nSPS) is 10.5. The monoisotopic (exact) mass is 320 g/mol. The number of carbonyl (C=O) groups excluding carboxylic acids is 1. The number of methoxy groups -OCH3 is 2. The number of amides is 1. The molecule has 0 aliphatic heterocycles. The van der Waals surface area contributed by atoms with Crippen molar-refractivity contribution >= 4 is 17.2 Å². The highest BCUT2D eigenvalue weighted by atomic mass is 32.1. The predicted octanol–water partition coefficient (Wildman–Crippen LogP) is 2.51. The molecule has 6 heteroatoms. The molecule has 0 bridgehead atoms. The maximum Gasteiger partial charge on any atom is 0.220 e. The van der Waals surface area contributed by atoms with Crippen LogP contribution in [0.3, 0.4) is 0 Å². The lowest BCUT2D eigenvalue weighted by atomic mass is 10.2. The number of rotatable bonds is 8. The zero-order valence-electron chi connectivity index (χ0n) is 12.8. The van der Waals surface area contributed by atoms with E-state index in [2.05, 4.69) is 10.3 Å².